The fraction of sp³-hybridized carbons (Fsp3) is 0.0526. The van der Waals surface area contributed by atoms with Gasteiger partial charge in [0.2, 0.25) is 0 Å². The molecule has 0 unspecified atom stereocenters. The summed E-state index contributed by atoms with van der Waals surface area (Å²) in [7, 11) is 0. The molecule has 0 bridgehead atoms. The molecule has 0 spiro atoms. The van der Waals surface area contributed by atoms with E-state index in [1.807, 2.05) is 24.3 Å². The van der Waals surface area contributed by atoms with Crippen molar-refractivity contribution in [3.8, 4) is 0 Å². The van der Waals surface area contributed by atoms with Crippen molar-refractivity contribution < 1.29 is 4.79 Å². The Bertz CT molecular complexity index is 853. The summed E-state index contributed by atoms with van der Waals surface area (Å²) in [6, 6.07) is 19.8. The normalized spacial score (nSPS) is 10.4. The fourth-order valence-electron chi connectivity index (χ4n) is 2.35. The van der Waals surface area contributed by atoms with Crippen LogP contribution in [0.25, 0.3) is 0 Å². The first-order valence-electron chi connectivity index (χ1n) is 7.37. The molecule has 0 radical (unpaired) electrons. The minimum absolute atomic E-state index is 0.223. The molecular weight excluding hydrogens is 343 g/mol. The van der Waals surface area contributed by atoms with Crippen LogP contribution in [-0.4, -0.2) is 10.9 Å². The molecule has 0 aliphatic heterocycles. The number of carbonyl (C=O) groups is 1. The highest BCUT2D eigenvalue weighted by atomic mass is 35.5. The van der Waals surface area contributed by atoms with E-state index in [9.17, 15) is 4.79 Å². The zero-order valence-corrected chi connectivity index (χ0v) is 14.2. The van der Waals surface area contributed by atoms with E-state index in [-0.39, 0.29) is 5.91 Å². The molecule has 1 aromatic heterocycles. The van der Waals surface area contributed by atoms with E-state index in [0.29, 0.717) is 28.0 Å². The van der Waals surface area contributed by atoms with E-state index in [1.54, 1.807) is 53.6 Å². The summed E-state index contributed by atoms with van der Waals surface area (Å²) >= 11 is 12.4. The highest BCUT2D eigenvalue weighted by molar-refractivity contribution is 6.34. The van der Waals surface area contributed by atoms with Crippen LogP contribution in [0.1, 0.15) is 15.9 Å². The Morgan fingerprint density at radius 3 is 2.21 bits per heavy atom. The monoisotopic (exact) mass is 356 g/mol. The molecule has 1 amide bonds. The Morgan fingerprint density at radius 1 is 0.875 bits per heavy atom. The number of benzene rings is 2. The summed E-state index contributed by atoms with van der Waals surface area (Å²) in [5.41, 5.74) is 1.27. The molecule has 0 aliphatic rings. The van der Waals surface area contributed by atoms with Crippen LogP contribution in [0.2, 0.25) is 10.0 Å². The predicted octanol–water partition coefficient (Wildman–Crippen LogP) is 5.24. The minimum atomic E-state index is -0.223. The minimum Gasteiger partial charge on any atom is -0.288 e. The largest absolute Gasteiger partial charge is 0.288 e. The third-order valence-corrected chi connectivity index (χ3v) is 4.26. The number of rotatable bonds is 4. The van der Waals surface area contributed by atoms with Crippen molar-refractivity contribution in [3.63, 3.8) is 0 Å². The number of aromatic nitrogens is 1. The first-order valence-corrected chi connectivity index (χ1v) is 8.13. The van der Waals surface area contributed by atoms with Gasteiger partial charge in [0.1, 0.15) is 5.82 Å². The molecule has 3 rings (SSSR count). The Kier molecular flexibility index (Phi) is 5.14. The van der Waals surface area contributed by atoms with Crippen molar-refractivity contribution in [2.24, 2.45) is 0 Å². The second-order valence-corrected chi connectivity index (χ2v) is 5.96. The SMILES string of the molecule is O=C(c1ccccc1Cl)N(Cc1ccccc1Cl)c1ccccn1. The number of pyridine rings is 1. The molecule has 5 heteroatoms. The van der Waals surface area contributed by atoms with Crippen molar-refractivity contribution in [1.29, 1.82) is 0 Å². The van der Waals surface area contributed by atoms with Crippen LogP contribution in [0, 0.1) is 0 Å². The molecular formula is C19H14Cl2N2O. The highest BCUT2D eigenvalue weighted by Crippen LogP contribution is 2.24. The number of hydrogen-bond donors (Lipinski definition) is 0. The summed E-state index contributed by atoms with van der Waals surface area (Å²) in [6.45, 7) is 0.306. The molecule has 0 aliphatic carbocycles. The quantitative estimate of drug-likeness (QED) is 0.640. The van der Waals surface area contributed by atoms with Gasteiger partial charge in [0.15, 0.2) is 0 Å². The maximum absolute atomic E-state index is 13.0. The molecule has 0 saturated carbocycles. The van der Waals surface area contributed by atoms with Gasteiger partial charge >= 0.3 is 0 Å². The third-order valence-electron chi connectivity index (χ3n) is 3.56. The zero-order chi connectivity index (χ0) is 16.9. The molecule has 0 N–H and O–H groups in total. The second-order valence-electron chi connectivity index (χ2n) is 5.15. The van der Waals surface area contributed by atoms with E-state index in [2.05, 4.69) is 4.98 Å². The van der Waals surface area contributed by atoms with Gasteiger partial charge in [-0.1, -0.05) is 59.6 Å². The van der Waals surface area contributed by atoms with Crippen LogP contribution >= 0.6 is 23.2 Å². The first kappa shape index (κ1) is 16.5. The Hall–Kier alpha value is -2.36. The average molecular weight is 357 g/mol. The maximum atomic E-state index is 13.0. The smallest absolute Gasteiger partial charge is 0.261 e. The molecule has 1 heterocycles. The summed E-state index contributed by atoms with van der Waals surface area (Å²) in [6.07, 6.45) is 1.65. The summed E-state index contributed by atoms with van der Waals surface area (Å²) in [5, 5.41) is 1.01. The van der Waals surface area contributed by atoms with E-state index in [0.717, 1.165) is 5.56 Å². The lowest BCUT2D eigenvalue weighted by molar-refractivity contribution is 0.0984. The molecule has 3 aromatic rings. The van der Waals surface area contributed by atoms with Gasteiger partial charge in [-0.25, -0.2) is 4.98 Å². The second kappa shape index (κ2) is 7.47. The lowest BCUT2D eigenvalue weighted by Crippen LogP contribution is -2.31. The first-order chi connectivity index (χ1) is 11.7. The van der Waals surface area contributed by atoms with E-state index < -0.39 is 0 Å². The van der Waals surface area contributed by atoms with Crippen molar-refractivity contribution in [3.05, 3.63) is 94.1 Å². The summed E-state index contributed by atoms with van der Waals surface area (Å²) < 4.78 is 0. The molecule has 24 heavy (non-hydrogen) atoms. The van der Waals surface area contributed by atoms with Gasteiger partial charge in [0.25, 0.3) is 5.91 Å². The predicted molar refractivity (Wildman–Crippen MR) is 97.7 cm³/mol. The van der Waals surface area contributed by atoms with E-state index in [1.165, 1.54) is 0 Å². The number of anilines is 1. The Balaban J connectivity index is 2.01. The van der Waals surface area contributed by atoms with Crippen molar-refractivity contribution >= 4 is 34.9 Å². The Labute approximate surface area is 150 Å². The molecule has 2 aromatic carbocycles. The van der Waals surface area contributed by atoms with Crippen molar-refractivity contribution in [1.82, 2.24) is 4.98 Å². The number of nitrogens with zero attached hydrogens (tertiary/aromatic N) is 2. The zero-order valence-electron chi connectivity index (χ0n) is 12.7. The van der Waals surface area contributed by atoms with Crippen LogP contribution in [0.4, 0.5) is 5.82 Å². The van der Waals surface area contributed by atoms with Crippen LogP contribution in [0.5, 0.6) is 0 Å². The maximum Gasteiger partial charge on any atom is 0.261 e. The van der Waals surface area contributed by atoms with Gasteiger partial charge in [-0.15, -0.1) is 0 Å². The molecule has 120 valence electrons. The topological polar surface area (TPSA) is 33.2 Å². The van der Waals surface area contributed by atoms with Gasteiger partial charge in [0.05, 0.1) is 17.1 Å². The summed E-state index contributed by atoms with van der Waals surface area (Å²) in [5.74, 6) is 0.321. The van der Waals surface area contributed by atoms with Gasteiger partial charge in [-0.3, -0.25) is 9.69 Å². The molecule has 0 fully saturated rings. The van der Waals surface area contributed by atoms with E-state index in [4.69, 9.17) is 23.2 Å². The molecule has 3 nitrogen and oxygen atoms in total. The molecule has 0 atom stereocenters. The van der Waals surface area contributed by atoms with Gasteiger partial charge < -0.3 is 0 Å². The highest BCUT2D eigenvalue weighted by Gasteiger charge is 2.21. The van der Waals surface area contributed by atoms with Gasteiger partial charge in [-0.05, 0) is 35.9 Å². The standard InChI is InChI=1S/C19H14Cl2N2O/c20-16-9-3-1-7-14(16)13-23(18-11-5-6-12-22-18)19(24)15-8-2-4-10-17(15)21/h1-12H,13H2. The van der Waals surface area contributed by atoms with Crippen LogP contribution in [0.3, 0.4) is 0 Å². The number of amides is 1. The van der Waals surface area contributed by atoms with E-state index >= 15 is 0 Å². The lowest BCUT2D eigenvalue weighted by Gasteiger charge is -2.23. The van der Waals surface area contributed by atoms with Gasteiger partial charge in [0, 0.05) is 11.2 Å². The number of carbonyl (C=O) groups excluding carboxylic acids is 1. The molecule has 0 saturated heterocycles. The van der Waals surface area contributed by atoms with Crippen molar-refractivity contribution in [2.75, 3.05) is 4.90 Å². The number of halogens is 2. The van der Waals surface area contributed by atoms with Crippen LogP contribution < -0.4 is 4.90 Å². The average Bonchev–Trinajstić information content (AvgIpc) is 2.62. The fourth-order valence-corrected chi connectivity index (χ4v) is 2.76. The van der Waals surface area contributed by atoms with Crippen LogP contribution in [-0.2, 0) is 6.54 Å². The lowest BCUT2D eigenvalue weighted by atomic mass is 10.1. The van der Waals surface area contributed by atoms with Gasteiger partial charge in [-0.2, -0.15) is 0 Å². The van der Waals surface area contributed by atoms with Crippen molar-refractivity contribution in [2.45, 2.75) is 6.54 Å². The Morgan fingerprint density at radius 2 is 1.54 bits per heavy atom. The number of hydrogen-bond acceptors (Lipinski definition) is 2. The summed E-state index contributed by atoms with van der Waals surface area (Å²) in [4.78, 5) is 18.9. The van der Waals surface area contributed by atoms with Crippen LogP contribution in [0.15, 0.2) is 72.9 Å². The third kappa shape index (κ3) is 3.58.